The zero-order valence-electron chi connectivity index (χ0n) is 21.8. The van der Waals surface area contributed by atoms with Crippen molar-refractivity contribution in [1.29, 1.82) is 0 Å². The molecule has 0 unspecified atom stereocenters. The number of anilines is 1. The van der Waals surface area contributed by atoms with Crippen LogP contribution in [0.15, 0.2) is 53.5 Å². The number of hydrogen-bond donors (Lipinski definition) is 0. The maximum atomic E-state index is 12.7. The van der Waals surface area contributed by atoms with E-state index in [1.165, 1.54) is 0 Å². The van der Waals surface area contributed by atoms with Gasteiger partial charge in [-0.25, -0.2) is 4.79 Å². The molecule has 0 aliphatic carbocycles. The number of esters is 1. The first-order valence-electron chi connectivity index (χ1n) is 12.6. The topological polar surface area (TPSA) is 69.6 Å². The second-order valence-corrected chi connectivity index (χ2v) is 10.5. The van der Waals surface area contributed by atoms with Gasteiger partial charge in [0.25, 0.3) is 0 Å². The molecule has 8 heteroatoms. The van der Waals surface area contributed by atoms with Gasteiger partial charge < -0.3 is 22.9 Å². The molecular weight excluding hydrogens is 460 g/mol. The maximum absolute atomic E-state index is 12.7. The number of nitrogens with zero attached hydrogens (tertiary/aromatic N) is 2. The third-order valence-electron chi connectivity index (χ3n) is 5.42. The largest absolute Gasteiger partial charge is 0.500 e. The van der Waals surface area contributed by atoms with E-state index in [2.05, 4.69) is 23.7 Å². The number of carbonyl (C=O) groups excluding carboxylic acids is 1. The Bertz CT molecular complexity index is 902. The van der Waals surface area contributed by atoms with Crippen LogP contribution >= 0.6 is 0 Å². The zero-order chi connectivity index (χ0) is 25.5. The molecule has 0 amide bonds. The predicted octanol–water partition coefficient (Wildman–Crippen LogP) is 5.61. The van der Waals surface area contributed by atoms with E-state index >= 15 is 0 Å². The Kier molecular flexibility index (Phi) is 12.7. The lowest BCUT2D eigenvalue weighted by Crippen LogP contribution is -2.46. The van der Waals surface area contributed by atoms with Crippen molar-refractivity contribution in [2.75, 3.05) is 44.4 Å². The number of hydrogen-bond acceptors (Lipinski definition) is 7. The summed E-state index contributed by atoms with van der Waals surface area (Å²) in [4.78, 5) is 19.6. The van der Waals surface area contributed by atoms with Crippen LogP contribution in [0.25, 0.3) is 0 Å². The molecule has 0 heterocycles. The molecule has 0 aliphatic rings. The minimum Gasteiger partial charge on any atom is -0.423 e. The second kappa shape index (κ2) is 15.5. The predicted molar refractivity (Wildman–Crippen MR) is 144 cm³/mol. The van der Waals surface area contributed by atoms with E-state index in [0.29, 0.717) is 37.7 Å². The van der Waals surface area contributed by atoms with E-state index in [1.807, 2.05) is 57.3 Å². The molecule has 0 aliphatic heterocycles. The van der Waals surface area contributed by atoms with E-state index in [9.17, 15) is 4.79 Å². The summed E-state index contributed by atoms with van der Waals surface area (Å²) >= 11 is 0. The van der Waals surface area contributed by atoms with Crippen LogP contribution in [-0.4, -0.2) is 60.4 Å². The van der Waals surface area contributed by atoms with Crippen LogP contribution in [0.4, 0.5) is 5.69 Å². The number of carbonyl (C=O) groups is 1. The lowest BCUT2D eigenvalue weighted by Gasteiger charge is -2.28. The molecule has 0 spiro atoms. The average Bonchev–Trinajstić information content (AvgIpc) is 2.86. The van der Waals surface area contributed by atoms with E-state index in [-0.39, 0.29) is 5.97 Å². The SMILES string of the molecule is CCO[Si](CCCN=Cc1ccc(C(=O)Oc2ccccc2)cc1N(CC)CC)(OCC)OCC. The number of benzene rings is 2. The Morgan fingerprint density at radius 2 is 1.54 bits per heavy atom. The van der Waals surface area contributed by atoms with Gasteiger partial charge in [0.2, 0.25) is 0 Å². The van der Waals surface area contributed by atoms with Crippen LogP contribution in [0, 0.1) is 0 Å². The van der Waals surface area contributed by atoms with Crippen molar-refractivity contribution >= 4 is 26.7 Å². The fourth-order valence-electron chi connectivity index (χ4n) is 3.82. The highest BCUT2D eigenvalue weighted by atomic mass is 28.4. The summed E-state index contributed by atoms with van der Waals surface area (Å²) in [5, 5.41) is 0. The quantitative estimate of drug-likeness (QED) is 0.0981. The van der Waals surface area contributed by atoms with Gasteiger partial charge in [0.05, 0.1) is 5.56 Å². The zero-order valence-corrected chi connectivity index (χ0v) is 22.8. The molecule has 0 saturated heterocycles. The first-order valence-corrected chi connectivity index (χ1v) is 14.5. The number of aliphatic imine (C=N–C) groups is 1. The minimum absolute atomic E-state index is 0.378. The van der Waals surface area contributed by atoms with Gasteiger partial charge in [-0.1, -0.05) is 24.3 Å². The molecule has 0 fully saturated rings. The van der Waals surface area contributed by atoms with Crippen molar-refractivity contribution < 1.29 is 22.8 Å². The van der Waals surface area contributed by atoms with Crippen molar-refractivity contribution in [3.05, 3.63) is 59.7 Å². The number of rotatable bonds is 16. The van der Waals surface area contributed by atoms with Gasteiger partial charge in [0, 0.05) is 63.0 Å². The van der Waals surface area contributed by atoms with E-state index in [0.717, 1.165) is 36.8 Å². The Morgan fingerprint density at radius 3 is 2.11 bits per heavy atom. The van der Waals surface area contributed by atoms with Gasteiger partial charge in [-0.3, -0.25) is 4.99 Å². The minimum atomic E-state index is -2.65. The molecule has 0 saturated carbocycles. The van der Waals surface area contributed by atoms with E-state index in [1.54, 1.807) is 18.2 Å². The summed E-state index contributed by atoms with van der Waals surface area (Å²) in [5.41, 5.74) is 2.43. The number of ether oxygens (including phenoxy) is 1. The number of para-hydroxylation sites is 1. The summed E-state index contributed by atoms with van der Waals surface area (Å²) in [6.45, 7) is 14.1. The molecule has 0 bridgehead atoms. The van der Waals surface area contributed by atoms with Gasteiger partial charge in [-0.15, -0.1) is 0 Å². The average molecular weight is 501 g/mol. The Labute approximate surface area is 211 Å². The van der Waals surface area contributed by atoms with Gasteiger partial charge in [0.15, 0.2) is 0 Å². The standard InChI is InChI=1S/C27H40N2O5Si/c1-6-29(7-2)26-21-23(27(30)34-25-15-12-11-13-16-25)17-18-24(26)22-28-19-14-20-35(31-8-3,32-9-4)33-10-5/h11-13,15-18,21-22H,6-10,14,19-20H2,1-5H3. The summed E-state index contributed by atoms with van der Waals surface area (Å²) in [7, 11) is -2.65. The molecule has 0 radical (unpaired) electrons. The summed E-state index contributed by atoms with van der Waals surface area (Å²) < 4.78 is 23.3. The molecular formula is C27H40N2O5Si. The fraction of sp³-hybridized carbons (Fsp3) is 0.481. The first kappa shape index (κ1) is 28.7. The third-order valence-corrected chi connectivity index (χ3v) is 8.57. The van der Waals surface area contributed by atoms with Crippen LogP contribution in [0.1, 0.15) is 57.0 Å². The lowest BCUT2D eigenvalue weighted by molar-refractivity contribution is 0.0707. The Hall–Kier alpha value is -2.52. The first-order chi connectivity index (χ1) is 17.0. The molecule has 0 aromatic heterocycles. The Morgan fingerprint density at radius 1 is 0.914 bits per heavy atom. The Balaban J connectivity index is 2.13. The van der Waals surface area contributed by atoms with Crippen molar-refractivity contribution in [3.63, 3.8) is 0 Å². The van der Waals surface area contributed by atoms with Crippen molar-refractivity contribution in [1.82, 2.24) is 0 Å². The van der Waals surface area contributed by atoms with Crippen LogP contribution in [0.2, 0.25) is 6.04 Å². The highest BCUT2D eigenvalue weighted by Gasteiger charge is 2.39. The van der Waals surface area contributed by atoms with Gasteiger partial charge in [-0.2, -0.15) is 0 Å². The monoisotopic (exact) mass is 500 g/mol. The second-order valence-electron chi connectivity index (χ2n) is 7.77. The summed E-state index contributed by atoms with van der Waals surface area (Å²) in [6.07, 6.45) is 2.69. The molecule has 192 valence electrons. The van der Waals surface area contributed by atoms with E-state index < -0.39 is 8.80 Å². The van der Waals surface area contributed by atoms with Gasteiger partial charge in [-0.05, 0) is 65.3 Å². The molecule has 0 atom stereocenters. The maximum Gasteiger partial charge on any atom is 0.500 e. The smallest absolute Gasteiger partial charge is 0.423 e. The lowest BCUT2D eigenvalue weighted by atomic mass is 10.1. The van der Waals surface area contributed by atoms with Crippen molar-refractivity contribution in [3.8, 4) is 5.75 Å². The normalized spacial score (nSPS) is 11.7. The molecule has 35 heavy (non-hydrogen) atoms. The van der Waals surface area contributed by atoms with Gasteiger partial charge in [0.1, 0.15) is 5.75 Å². The fourth-order valence-corrected chi connectivity index (χ4v) is 6.42. The van der Waals surface area contributed by atoms with E-state index in [4.69, 9.17) is 18.0 Å². The highest BCUT2D eigenvalue weighted by Crippen LogP contribution is 2.23. The molecule has 2 aromatic carbocycles. The molecule has 2 aromatic rings. The van der Waals surface area contributed by atoms with Gasteiger partial charge >= 0.3 is 14.8 Å². The summed E-state index contributed by atoms with van der Waals surface area (Å²) in [5.74, 6) is 0.149. The summed E-state index contributed by atoms with van der Waals surface area (Å²) in [6, 6.07) is 15.4. The van der Waals surface area contributed by atoms with Crippen molar-refractivity contribution in [2.24, 2.45) is 4.99 Å². The van der Waals surface area contributed by atoms with Crippen LogP contribution in [0.5, 0.6) is 5.75 Å². The highest BCUT2D eigenvalue weighted by molar-refractivity contribution is 6.60. The van der Waals surface area contributed by atoms with Crippen LogP contribution in [-0.2, 0) is 13.3 Å². The van der Waals surface area contributed by atoms with Crippen LogP contribution in [0.3, 0.4) is 0 Å². The molecule has 7 nitrogen and oxygen atoms in total. The van der Waals surface area contributed by atoms with Crippen molar-refractivity contribution in [2.45, 2.75) is 47.1 Å². The molecule has 0 N–H and O–H groups in total. The molecule has 2 rings (SSSR count). The van der Waals surface area contributed by atoms with Crippen LogP contribution < -0.4 is 9.64 Å². The third kappa shape index (κ3) is 8.89.